The number of hydrogen-bond acceptors (Lipinski definition) is 3. The minimum atomic E-state index is 0.129. The first-order chi connectivity index (χ1) is 7.66. The molecule has 0 aliphatic carbocycles. The average Bonchev–Trinajstić information content (AvgIpc) is 2.47. The number of hydrogen-bond donors (Lipinski definition) is 2. The minimum Gasteiger partial charge on any atom is -0.399 e. The van der Waals surface area contributed by atoms with Gasteiger partial charge in [-0.3, -0.25) is 4.79 Å². The van der Waals surface area contributed by atoms with Crippen molar-refractivity contribution in [2.45, 2.75) is 13.3 Å². The number of nitrogens with two attached hydrogens (primary N) is 1. The van der Waals surface area contributed by atoms with Crippen LogP contribution < -0.4 is 16.0 Å². The van der Waals surface area contributed by atoms with Crippen LogP contribution in [0.15, 0.2) is 18.2 Å². The van der Waals surface area contributed by atoms with E-state index in [1.54, 1.807) is 0 Å². The van der Waals surface area contributed by atoms with Crippen LogP contribution in [0.4, 0.5) is 11.4 Å². The van der Waals surface area contributed by atoms with Gasteiger partial charge in [-0.05, 0) is 24.6 Å². The lowest BCUT2D eigenvalue weighted by atomic mass is 10.1. The van der Waals surface area contributed by atoms with Gasteiger partial charge in [-0.15, -0.1) is 0 Å². The molecule has 0 aromatic heterocycles. The van der Waals surface area contributed by atoms with Gasteiger partial charge in [0.15, 0.2) is 0 Å². The van der Waals surface area contributed by atoms with Crippen molar-refractivity contribution in [1.82, 2.24) is 5.32 Å². The van der Waals surface area contributed by atoms with Crippen molar-refractivity contribution in [3.8, 4) is 0 Å². The van der Waals surface area contributed by atoms with Crippen LogP contribution in [0.25, 0.3) is 0 Å². The van der Waals surface area contributed by atoms with Gasteiger partial charge >= 0.3 is 0 Å². The van der Waals surface area contributed by atoms with E-state index in [4.69, 9.17) is 5.73 Å². The van der Waals surface area contributed by atoms with Crippen LogP contribution >= 0.6 is 0 Å². The predicted octanol–water partition coefficient (Wildman–Crippen LogP) is 0.904. The lowest BCUT2D eigenvalue weighted by molar-refractivity contribution is -0.120. The smallest absolute Gasteiger partial charge is 0.221 e. The normalized spacial score (nSPS) is 16.8. The number of carbonyl (C=O) groups excluding carboxylic acids is 1. The average molecular weight is 219 g/mol. The van der Waals surface area contributed by atoms with Gasteiger partial charge in [-0.2, -0.15) is 0 Å². The predicted molar refractivity (Wildman–Crippen MR) is 65.4 cm³/mol. The van der Waals surface area contributed by atoms with E-state index in [9.17, 15) is 4.79 Å². The maximum absolute atomic E-state index is 11.2. The third kappa shape index (κ3) is 2.27. The Morgan fingerprint density at radius 2 is 2.19 bits per heavy atom. The van der Waals surface area contributed by atoms with E-state index in [1.807, 2.05) is 18.2 Å². The maximum atomic E-state index is 11.2. The second kappa shape index (κ2) is 4.43. The first-order valence-corrected chi connectivity index (χ1v) is 5.54. The molecular weight excluding hydrogens is 202 g/mol. The Labute approximate surface area is 95.4 Å². The number of rotatable bonds is 1. The molecule has 86 valence electrons. The zero-order valence-electron chi connectivity index (χ0n) is 9.49. The molecule has 0 radical (unpaired) electrons. The van der Waals surface area contributed by atoms with Gasteiger partial charge in [0.2, 0.25) is 5.91 Å². The van der Waals surface area contributed by atoms with Crippen LogP contribution in [0.2, 0.25) is 0 Å². The Hall–Kier alpha value is -1.71. The summed E-state index contributed by atoms with van der Waals surface area (Å²) in [4.78, 5) is 13.5. The zero-order chi connectivity index (χ0) is 11.5. The molecule has 0 unspecified atom stereocenters. The van der Waals surface area contributed by atoms with Crippen LogP contribution in [0.3, 0.4) is 0 Å². The van der Waals surface area contributed by atoms with Crippen LogP contribution in [0.5, 0.6) is 0 Å². The molecule has 1 aromatic rings. The lowest BCUT2D eigenvalue weighted by Crippen LogP contribution is -2.28. The van der Waals surface area contributed by atoms with Crippen molar-refractivity contribution in [3.63, 3.8) is 0 Å². The number of nitrogens with zero attached hydrogens (tertiary/aromatic N) is 1. The fourth-order valence-corrected chi connectivity index (χ4v) is 1.97. The van der Waals surface area contributed by atoms with Crippen molar-refractivity contribution in [3.05, 3.63) is 23.8 Å². The SMILES string of the molecule is Cc1ccc(N)cc1N1CCNC(=O)CC1. The number of benzene rings is 1. The molecule has 0 spiro atoms. The standard InChI is InChI=1S/C12H17N3O/c1-9-2-3-10(13)8-11(9)15-6-4-12(16)14-5-7-15/h2-3,8H,4-7,13H2,1H3,(H,14,16). The van der Waals surface area contributed by atoms with Crippen molar-refractivity contribution < 1.29 is 4.79 Å². The van der Waals surface area contributed by atoms with Gasteiger partial charge in [0.25, 0.3) is 0 Å². The van der Waals surface area contributed by atoms with Crippen molar-refractivity contribution in [2.24, 2.45) is 0 Å². The van der Waals surface area contributed by atoms with Crippen LogP contribution in [0.1, 0.15) is 12.0 Å². The Morgan fingerprint density at radius 1 is 1.38 bits per heavy atom. The summed E-state index contributed by atoms with van der Waals surface area (Å²) in [5.74, 6) is 0.129. The molecule has 1 fully saturated rings. The third-order valence-corrected chi connectivity index (χ3v) is 2.89. The van der Waals surface area contributed by atoms with Crippen LogP contribution in [-0.2, 0) is 4.79 Å². The molecule has 0 atom stereocenters. The highest BCUT2D eigenvalue weighted by Crippen LogP contribution is 2.23. The topological polar surface area (TPSA) is 58.4 Å². The highest BCUT2D eigenvalue weighted by Gasteiger charge is 2.15. The summed E-state index contributed by atoms with van der Waals surface area (Å²) in [5.41, 5.74) is 8.89. The Balaban J connectivity index is 2.22. The van der Waals surface area contributed by atoms with E-state index in [1.165, 1.54) is 5.56 Å². The second-order valence-electron chi connectivity index (χ2n) is 4.13. The van der Waals surface area contributed by atoms with E-state index in [0.29, 0.717) is 13.0 Å². The highest BCUT2D eigenvalue weighted by atomic mass is 16.1. The van der Waals surface area contributed by atoms with Gasteiger partial charge < -0.3 is 16.0 Å². The van der Waals surface area contributed by atoms with E-state index < -0.39 is 0 Å². The van der Waals surface area contributed by atoms with E-state index in [2.05, 4.69) is 17.1 Å². The fraction of sp³-hybridized carbons (Fsp3) is 0.417. The molecule has 3 N–H and O–H groups in total. The maximum Gasteiger partial charge on any atom is 0.221 e. The molecule has 1 aliphatic heterocycles. The Morgan fingerprint density at radius 3 is 3.00 bits per heavy atom. The van der Waals surface area contributed by atoms with Crippen molar-refractivity contribution in [2.75, 3.05) is 30.3 Å². The van der Waals surface area contributed by atoms with Crippen molar-refractivity contribution >= 4 is 17.3 Å². The molecule has 4 nitrogen and oxygen atoms in total. The highest BCUT2D eigenvalue weighted by molar-refractivity contribution is 5.77. The summed E-state index contributed by atoms with van der Waals surface area (Å²) in [6.07, 6.45) is 0.550. The van der Waals surface area contributed by atoms with Gasteiger partial charge in [0, 0.05) is 37.4 Å². The van der Waals surface area contributed by atoms with Crippen LogP contribution in [0, 0.1) is 6.92 Å². The van der Waals surface area contributed by atoms with Gasteiger partial charge in [0.1, 0.15) is 0 Å². The largest absolute Gasteiger partial charge is 0.399 e. The summed E-state index contributed by atoms with van der Waals surface area (Å²) < 4.78 is 0. The number of anilines is 2. The first-order valence-electron chi connectivity index (χ1n) is 5.54. The Kier molecular flexibility index (Phi) is 2.99. The monoisotopic (exact) mass is 219 g/mol. The number of carbonyl (C=O) groups is 1. The number of nitrogens with one attached hydrogen (secondary N) is 1. The van der Waals surface area contributed by atoms with E-state index in [-0.39, 0.29) is 5.91 Å². The molecule has 1 aliphatic rings. The van der Waals surface area contributed by atoms with E-state index in [0.717, 1.165) is 24.5 Å². The second-order valence-corrected chi connectivity index (χ2v) is 4.13. The Bertz CT molecular complexity index is 403. The summed E-state index contributed by atoms with van der Waals surface area (Å²) >= 11 is 0. The molecule has 1 amide bonds. The quantitative estimate of drug-likeness (QED) is 0.690. The summed E-state index contributed by atoms with van der Waals surface area (Å²) in [7, 11) is 0. The van der Waals surface area contributed by atoms with E-state index >= 15 is 0 Å². The molecule has 2 rings (SSSR count). The summed E-state index contributed by atoms with van der Waals surface area (Å²) in [6, 6.07) is 5.90. The molecule has 1 aromatic carbocycles. The number of nitrogen functional groups attached to an aromatic ring is 1. The fourth-order valence-electron chi connectivity index (χ4n) is 1.97. The van der Waals surface area contributed by atoms with Crippen LogP contribution in [-0.4, -0.2) is 25.5 Å². The first kappa shape index (κ1) is 10.8. The molecule has 0 bridgehead atoms. The molecule has 1 heterocycles. The molecular formula is C12H17N3O. The third-order valence-electron chi connectivity index (χ3n) is 2.89. The molecule has 4 heteroatoms. The summed E-state index contributed by atoms with van der Waals surface area (Å²) in [5, 5.41) is 2.87. The van der Waals surface area contributed by atoms with Gasteiger partial charge in [0.05, 0.1) is 0 Å². The van der Waals surface area contributed by atoms with Gasteiger partial charge in [-0.25, -0.2) is 0 Å². The number of amides is 1. The number of aryl methyl sites for hydroxylation is 1. The summed E-state index contributed by atoms with van der Waals surface area (Å²) in [6.45, 7) is 4.37. The molecule has 0 saturated carbocycles. The lowest BCUT2D eigenvalue weighted by Gasteiger charge is -2.24. The van der Waals surface area contributed by atoms with Gasteiger partial charge in [-0.1, -0.05) is 6.07 Å². The molecule has 1 saturated heterocycles. The van der Waals surface area contributed by atoms with Crippen molar-refractivity contribution in [1.29, 1.82) is 0 Å². The minimum absolute atomic E-state index is 0.129. The molecule has 16 heavy (non-hydrogen) atoms. The zero-order valence-corrected chi connectivity index (χ0v) is 9.49.